The highest BCUT2D eigenvalue weighted by atomic mass is 28.4. The standard InChI is InChI=1S/C26H48O2Si2/c1-24-15-12-20(27-29(4,5)6)18-19(24)10-11-21-22(24)13-16-25(2)23(21)14-17-26(25,3)28-30(7,8)9/h12,15,19-23H,10-11,13-14,16-18H2,1-9H3/t19-,20-,21-,22+,23-,24+,25+,26-/m1/s1. The van der Waals surface area contributed by atoms with E-state index < -0.39 is 16.6 Å². The van der Waals surface area contributed by atoms with Crippen molar-refractivity contribution in [2.24, 2.45) is 34.5 Å². The number of hydrogen-bond acceptors (Lipinski definition) is 2. The van der Waals surface area contributed by atoms with Gasteiger partial charge < -0.3 is 8.85 Å². The first-order chi connectivity index (χ1) is 13.7. The SMILES string of the molecule is C[C@]12C=C[C@@H](O[Si](C)(C)C)C[C@H]1CC[C@H]1[C@H]3CC[C@@](C)(O[Si](C)(C)C)[C@@]3(C)CC[C@@H]12. The molecule has 0 spiro atoms. The summed E-state index contributed by atoms with van der Waals surface area (Å²) in [5.41, 5.74) is 0.825. The van der Waals surface area contributed by atoms with Gasteiger partial charge in [-0.25, -0.2) is 0 Å². The summed E-state index contributed by atoms with van der Waals surface area (Å²) in [6, 6.07) is 0. The molecule has 0 radical (unpaired) electrons. The molecule has 0 aliphatic heterocycles. The van der Waals surface area contributed by atoms with Crippen LogP contribution in [0.3, 0.4) is 0 Å². The zero-order valence-electron chi connectivity index (χ0n) is 21.3. The van der Waals surface area contributed by atoms with E-state index in [1.807, 2.05) is 0 Å². The molecular formula is C26H48O2Si2. The van der Waals surface area contributed by atoms with Crippen molar-refractivity contribution in [3.05, 3.63) is 12.2 Å². The minimum atomic E-state index is -1.55. The first-order valence-electron chi connectivity index (χ1n) is 12.7. The number of rotatable bonds is 4. The molecule has 3 fully saturated rings. The third-order valence-electron chi connectivity index (χ3n) is 9.72. The van der Waals surface area contributed by atoms with Crippen molar-refractivity contribution in [1.29, 1.82) is 0 Å². The lowest BCUT2D eigenvalue weighted by Gasteiger charge is -2.61. The van der Waals surface area contributed by atoms with Crippen LogP contribution in [0.4, 0.5) is 0 Å². The van der Waals surface area contributed by atoms with E-state index in [9.17, 15) is 0 Å². The molecule has 0 aromatic carbocycles. The van der Waals surface area contributed by atoms with E-state index in [0.717, 1.165) is 23.7 Å². The zero-order chi connectivity index (χ0) is 22.2. The fourth-order valence-electron chi connectivity index (χ4n) is 8.39. The molecule has 4 heteroatoms. The maximum Gasteiger partial charge on any atom is 0.184 e. The molecule has 0 bridgehead atoms. The van der Waals surface area contributed by atoms with Crippen LogP contribution in [0.5, 0.6) is 0 Å². The quantitative estimate of drug-likeness (QED) is 0.325. The molecule has 0 saturated heterocycles. The minimum absolute atomic E-state index is 0.0868. The molecule has 0 N–H and O–H groups in total. The summed E-state index contributed by atoms with van der Waals surface area (Å²) < 4.78 is 13.4. The second kappa shape index (κ2) is 7.30. The highest BCUT2D eigenvalue weighted by molar-refractivity contribution is 6.70. The van der Waals surface area contributed by atoms with Gasteiger partial charge in [0.25, 0.3) is 0 Å². The van der Waals surface area contributed by atoms with E-state index in [1.165, 1.54) is 44.9 Å². The lowest BCUT2D eigenvalue weighted by molar-refractivity contribution is -0.125. The van der Waals surface area contributed by atoms with Gasteiger partial charge >= 0.3 is 0 Å². The maximum absolute atomic E-state index is 6.94. The van der Waals surface area contributed by atoms with Gasteiger partial charge in [-0.15, -0.1) is 0 Å². The van der Waals surface area contributed by atoms with Gasteiger partial charge in [-0.05, 0) is 126 Å². The van der Waals surface area contributed by atoms with Crippen LogP contribution in [0.1, 0.15) is 65.7 Å². The van der Waals surface area contributed by atoms with E-state index in [4.69, 9.17) is 8.85 Å². The molecule has 0 amide bonds. The van der Waals surface area contributed by atoms with E-state index >= 15 is 0 Å². The monoisotopic (exact) mass is 448 g/mol. The largest absolute Gasteiger partial charge is 0.412 e. The third-order valence-corrected chi connectivity index (χ3v) is 11.8. The number of hydrogen-bond donors (Lipinski definition) is 0. The van der Waals surface area contributed by atoms with Gasteiger partial charge in [0.05, 0.1) is 11.7 Å². The highest BCUT2D eigenvalue weighted by Crippen LogP contribution is 2.68. The minimum Gasteiger partial charge on any atom is -0.412 e. The fraction of sp³-hybridized carbons (Fsp3) is 0.923. The summed E-state index contributed by atoms with van der Waals surface area (Å²) in [6.45, 7) is 21.8. The Bertz CT molecular complexity index is 692. The second-order valence-corrected chi connectivity index (χ2v) is 22.7. The van der Waals surface area contributed by atoms with Gasteiger partial charge in [0.1, 0.15) is 0 Å². The smallest absolute Gasteiger partial charge is 0.184 e. The van der Waals surface area contributed by atoms with Crippen LogP contribution >= 0.6 is 0 Å². The summed E-state index contributed by atoms with van der Waals surface area (Å²) in [5, 5.41) is 0. The first-order valence-corrected chi connectivity index (χ1v) is 19.6. The van der Waals surface area contributed by atoms with Crippen LogP contribution in [0, 0.1) is 34.5 Å². The van der Waals surface area contributed by atoms with Gasteiger partial charge in [0, 0.05) is 0 Å². The third kappa shape index (κ3) is 3.86. The Kier molecular flexibility index (Phi) is 5.66. The molecule has 4 aliphatic carbocycles. The second-order valence-electron chi connectivity index (χ2n) is 13.8. The van der Waals surface area contributed by atoms with Gasteiger partial charge in [-0.2, -0.15) is 0 Å². The van der Waals surface area contributed by atoms with Gasteiger partial charge in [0.15, 0.2) is 16.6 Å². The molecule has 2 nitrogen and oxygen atoms in total. The van der Waals surface area contributed by atoms with Gasteiger partial charge in [0.2, 0.25) is 0 Å². The van der Waals surface area contributed by atoms with Gasteiger partial charge in [-0.3, -0.25) is 0 Å². The molecule has 3 saturated carbocycles. The van der Waals surface area contributed by atoms with Crippen molar-refractivity contribution < 1.29 is 8.85 Å². The molecule has 0 heterocycles. The van der Waals surface area contributed by atoms with Crippen molar-refractivity contribution in [3.8, 4) is 0 Å². The Balaban J connectivity index is 1.56. The van der Waals surface area contributed by atoms with E-state index in [1.54, 1.807) is 0 Å². The molecular weight excluding hydrogens is 400 g/mol. The number of allylic oxidation sites excluding steroid dienone is 1. The lowest BCUT2D eigenvalue weighted by atomic mass is 9.45. The zero-order valence-corrected chi connectivity index (χ0v) is 23.3. The molecule has 8 atom stereocenters. The highest BCUT2D eigenvalue weighted by Gasteiger charge is 2.64. The Morgan fingerprint density at radius 1 is 0.800 bits per heavy atom. The Hall–Kier alpha value is 0.0938. The molecule has 172 valence electrons. The van der Waals surface area contributed by atoms with Crippen LogP contribution < -0.4 is 0 Å². The molecule has 0 unspecified atom stereocenters. The summed E-state index contributed by atoms with van der Waals surface area (Å²) in [6.07, 6.45) is 14.9. The normalized spacial score (nSPS) is 48.8. The molecule has 0 aromatic rings. The summed E-state index contributed by atoms with van der Waals surface area (Å²) >= 11 is 0. The van der Waals surface area contributed by atoms with Crippen molar-refractivity contribution in [2.45, 2.75) is 117 Å². The summed E-state index contributed by atoms with van der Waals surface area (Å²) in [5.74, 6) is 3.39. The maximum atomic E-state index is 6.94. The van der Waals surface area contributed by atoms with Crippen LogP contribution in [0.25, 0.3) is 0 Å². The molecule has 0 aromatic heterocycles. The van der Waals surface area contributed by atoms with Crippen LogP contribution in [0.2, 0.25) is 39.3 Å². The summed E-state index contributed by atoms with van der Waals surface area (Å²) in [7, 11) is -3.04. The topological polar surface area (TPSA) is 18.5 Å². The average Bonchev–Trinajstić information content (AvgIpc) is 2.83. The van der Waals surface area contributed by atoms with Crippen molar-refractivity contribution in [1.82, 2.24) is 0 Å². The average molecular weight is 449 g/mol. The van der Waals surface area contributed by atoms with Crippen LogP contribution in [-0.2, 0) is 8.85 Å². The molecule has 4 aliphatic rings. The van der Waals surface area contributed by atoms with Crippen molar-refractivity contribution >= 4 is 16.6 Å². The lowest BCUT2D eigenvalue weighted by Crippen LogP contribution is -2.57. The van der Waals surface area contributed by atoms with Crippen LogP contribution in [-0.4, -0.2) is 28.3 Å². The number of fused-ring (bicyclic) bond motifs is 5. The first kappa shape index (κ1) is 23.3. The van der Waals surface area contributed by atoms with Gasteiger partial charge in [-0.1, -0.05) is 26.0 Å². The van der Waals surface area contributed by atoms with Crippen molar-refractivity contribution in [3.63, 3.8) is 0 Å². The van der Waals surface area contributed by atoms with E-state index in [0.29, 0.717) is 16.9 Å². The fourth-order valence-corrected chi connectivity index (χ4v) is 11.2. The predicted molar refractivity (Wildman–Crippen MR) is 133 cm³/mol. The Labute approximate surface area is 188 Å². The predicted octanol–water partition coefficient (Wildman–Crippen LogP) is 7.64. The Morgan fingerprint density at radius 3 is 2.10 bits per heavy atom. The van der Waals surface area contributed by atoms with Crippen molar-refractivity contribution in [2.75, 3.05) is 0 Å². The van der Waals surface area contributed by atoms with Crippen LogP contribution in [0.15, 0.2) is 12.2 Å². The Morgan fingerprint density at radius 2 is 1.47 bits per heavy atom. The van der Waals surface area contributed by atoms with E-state index in [2.05, 4.69) is 72.2 Å². The molecule has 4 rings (SSSR count). The summed E-state index contributed by atoms with van der Waals surface area (Å²) in [4.78, 5) is 0. The van der Waals surface area contributed by atoms with E-state index in [-0.39, 0.29) is 5.60 Å². The molecule has 30 heavy (non-hydrogen) atoms.